The van der Waals surface area contributed by atoms with Crippen LogP contribution in [0, 0.1) is 13.8 Å². The third-order valence-electron chi connectivity index (χ3n) is 1.34. The smallest absolute Gasteiger partial charge is 0.0643 e. The molecule has 0 aliphatic heterocycles. The lowest BCUT2D eigenvalue weighted by molar-refractivity contribution is 0.268. The zero-order chi connectivity index (χ0) is 7.56. The van der Waals surface area contributed by atoms with Gasteiger partial charge in [-0.25, -0.2) is 0 Å². The molecule has 0 bridgehead atoms. The summed E-state index contributed by atoms with van der Waals surface area (Å²) in [6.45, 7) is 6.30. The van der Waals surface area contributed by atoms with Gasteiger partial charge in [0.05, 0.1) is 18.8 Å². The van der Waals surface area contributed by atoms with Gasteiger partial charge in [0.25, 0.3) is 0 Å². The Bertz CT molecular complexity index is 217. The van der Waals surface area contributed by atoms with E-state index >= 15 is 0 Å². The van der Waals surface area contributed by atoms with Crippen molar-refractivity contribution in [3.8, 4) is 0 Å². The summed E-state index contributed by atoms with van der Waals surface area (Å²) in [5.41, 5.74) is 1.80. The van der Waals surface area contributed by atoms with Crippen LogP contribution in [0.4, 0.5) is 0 Å². The zero-order valence-corrected chi connectivity index (χ0v) is 6.04. The Morgan fingerprint density at radius 3 is 2.90 bits per heavy atom. The SMILES string of the molecule is [CH2]c1cc(C)n(CCO)n1. The van der Waals surface area contributed by atoms with E-state index in [1.807, 2.05) is 13.0 Å². The summed E-state index contributed by atoms with van der Waals surface area (Å²) in [5, 5.41) is 12.6. The summed E-state index contributed by atoms with van der Waals surface area (Å²) in [5.74, 6) is 0. The molecule has 0 amide bonds. The number of hydrogen-bond donors (Lipinski definition) is 1. The van der Waals surface area contributed by atoms with E-state index in [0.29, 0.717) is 6.54 Å². The highest BCUT2D eigenvalue weighted by molar-refractivity contribution is 5.10. The summed E-state index contributed by atoms with van der Waals surface area (Å²) in [4.78, 5) is 0. The molecule has 0 saturated carbocycles. The molecule has 0 aliphatic carbocycles. The molecule has 0 saturated heterocycles. The fraction of sp³-hybridized carbons (Fsp3) is 0.429. The third kappa shape index (κ3) is 1.36. The van der Waals surface area contributed by atoms with Gasteiger partial charge in [-0.05, 0) is 19.9 Å². The maximum atomic E-state index is 8.57. The summed E-state index contributed by atoms with van der Waals surface area (Å²) in [6.07, 6.45) is 0. The van der Waals surface area contributed by atoms with Gasteiger partial charge in [-0.2, -0.15) is 5.10 Å². The van der Waals surface area contributed by atoms with Crippen LogP contribution in [0.3, 0.4) is 0 Å². The minimum atomic E-state index is 0.127. The van der Waals surface area contributed by atoms with Crippen LogP contribution < -0.4 is 0 Å². The van der Waals surface area contributed by atoms with E-state index in [0.717, 1.165) is 11.4 Å². The maximum Gasteiger partial charge on any atom is 0.0643 e. The molecule has 1 heterocycles. The van der Waals surface area contributed by atoms with Gasteiger partial charge in [-0.15, -0.1) is 0 Å². The first-order chi connectivity index (χ1) is 4.74. The number of aromatic nitrogens is 2. The van der Waals surface area contributed by atoms with E-state index in [1.165, 1.54) is 0 Å². The van der Waals surface area contributed by atoms with Crippen LogP contribution in [0.15, 0.2) is 6.07 Å². The van der Waals surface area contributed by atoms with Crippen molar-refractivity contribution < 1.29 is 5.11 Å². The second-order valence-electron chi connectivity index (χ2n) is 2.22. The molecule has 1 aromatic rings. The second kappa shape index (κ2) is 2.84. The molecule has 1 aromatic heterocycles. The average molecular weight is 139 g/mol. The van der Waals surface area contributed by atoms with Crippen LogP contribution >= 0.6 is 0 Å². The van der Waals surface area contributed by atoms with Crippen molar-refractivity contribution in [2.24, 2.45) is 0 Å². The van der Waals surface area contributed by atoms with E-state index in [-0.39, 0.29) is 6.61 Å². The molecule has 1 radical (unpaired) electrons. The lowest BCUT2D eigenvalue weighted by Crippen LogP contribution is -2.05. The molecule has 0 fully saturated rings. The van der Waals surface area contributed by atoms with E-state index in [9.17, 15) is 0 Å². The van der Waals surface area contributed by atoms with Gasteiger partial charge < -0.3 is 5.11 Å². The van der Waals surface area contributed by atoms with Gasteiger partial charge in [0, 0.05) is 5.69 Å². The van der Waals surface area contributed by atoms with Crippen molar-refractivity contribution in [2.45, 2.75) is 13.5 Å². The van der Waals surface area contributed by atoms with Crippen molar-refractivity contribution in [1.82, 2.24) is 9.78 Å². The molecular formula is C7H11N2O. The van der Waals surface area contributed by atoms with Crippen molar-refractivity contribution >= 4 is 0 Å². The number of nitrogens with zero attached hydrogens (tertiary/aromatic N) is 2. The van der Waals surface area contributed by atoms with Gasteiger partial charge in [-0.1, -0.05) is 0 Å². The molecule has 0 spiro atoms. The van der Waals surface area contributed by atoms with Gasteiger partial charge >= 0.3 is 0 Å². The van der Waals surface area contributed by atoms with Gasteiger partial charge in [0.1, 0.15) is 0 Å². The lowest BCUT2D eigenvalue weighted by atomic mass is 10.4. The van der Waals surface area contributed by atoms with E-state index in [4.69, 9.17) is 5.11 Å². The highest BCUT2D eigenvalue weighted by atomic mass is 16.3. The lowest BCUT2D eigenvalue weighted by Gasteiger charge is -1.98. The number of aliphatic hydroxyl groups excluding tert-OH is 1. The molecule has 55 valence electrons. The fourth-order valence-corrected chi connectivity index (χ4v) is 0.899. The summed E-state index contributed by atoms with van der Waals surface area (Å²) >= 11 is 0. The maximum absolute atomic E-state index is 8.57. The molecule has 1 N–H and O–H groups in total. The van der Waals surface area contributed by atoms with Crippen LogP contribution in [-0.4, -0.2) is 21.5 Å². The minimum absolute atomic E-state index is 0.127. The highest BCUT2D eigenvalue weighted by Crippen LogP contribution is 2.00. The first-order valence-corrected chi connectivity index (χ1v) is 3.21. The molecule has 0 unspecified atom stereocenters. The number of aryl methyl sites for hydroxylation is 1. The molecule has 0 aromatic carbocycles. The Morgan fingerprint density at radius 2 is 2.50 bits per heavy atom. The Kier molecular flexibility index (Phi) is 2.06. The standard InChI is InChI=1S/C7H11N2O/c1-6-5-7(2)9(8-6)3-4-10/h5,10H,1,3-4H2,2H3. The van der Waals surface area contributed by atoms with Gasteiger partial charge in [0.2, 0.25) is 0 Å². The van der Waals surface area contributed by atoms with Crippen LogP contribution in [0.5, 0.6) is 0 Å². The quantitative estimate of drug-likeness (QED) is 0.642. The summed E-state index contributed by atoms with van der Waals surface area (Å²) in [7, 11) is 0. The first-order valence-electron chi connectivity index (χ1n) is 3.21. The second-order valence-corrected chi connectivity index (χ2v) is 2.22. The summed E-state index contributed by atoms with van der Waals surface area (Å²) < 4.78 is 1.74. The fourth-order valence-electron chi connectivity index (χ4n) is 0.899. The van der Waals surface area contributed by atoms with Crippen molar-refractivity contribution in [2.75, 3.05) is 6.61 Å². The van der Waals surface area contributed by atoms with E-state index in [1.54, 1.807) is 4.68 Å². The van der Waals surface area contributed by atoms with Crippen LogP contribution in [0.25, 0.3) is 0 Å². The van der Waals surface area contributed by atoms with Crippen LogP contribution in [0.1, 0.15) is 11.4 Å². The van der Waals surface area contributed by atoms with Crippen LogP contribution in [0.2, 0.25) is 0 Å². The summed E-state index contributed by atoms with van der Waals surface area (Å²) in [6, 6.07) is 1.88. The van der Waals surface area contributed by atoms with Crippen molar-refractivity contribution in [3.63, 3.8) is 0 Å². The third-order valence-corrected chi connectivity index (χ3v) is 1.34. The zero-order valence-electron chi connectivity index (χ0n) is 6.04. The topological polar surface area (TPSA) is 38.0 Å². The van der Waals surface area contributed by atoms with Crippen molar-refractivity contribution in [3.05, 3.63) is 24.4 Å². The Labute approximate surface area is 60.3 Å². The predicted octanol–water partition coefficient (Wildman–Crippen LogP) is 0.366. The van der Waals surface area contributed by atoms with Crippen LogP contribution in [-0.2, 0) is 6.54 Å². The van der Waals surface area contributed by atoms with E-state index < -0.39 is 0 Å². The largest absolute Gasteiger partial charge is 0.394 e. The molecular weight excluding hydrogens is 128 g/mol. The molecule has 0 atom stereocenters. The number of aliphatic hydroxyl groups is 1. The molecule has 0 aliphatic rings. The molecule has 3 nitrogen and oxygen atoms in total. The molecule has 3 heteroatoms. The van der Waals surface area contributed by atoms with Gasteiger partial charge in [0.15, 0.2) is 0 Å². The number of hydrogen-bond acceptors (Lipinski definition) is 2. The Balaban J connectivity index is 2.81. The Morgan fingerprint density at radius 1 is 1.80 bits per heavy atom. The number of rotatable bonds is 2. The van der Waals surface area contributed by atoms with E-state index in [2.05, 4.69) is 12.0 Å². The van der Waals surface area contributed by atoms with Gasteiger partial charge in [-0.3, -0.25) is 4.68 Å². The molecule has 1 rings (SSSR count). The predicted molar refractivity (Wildman–Crippen MR) is 38.5 cm³/mol. The Hall–Kier alpha value is -0.830. The minimum Gasteiger partial charge on any atom is -0.394 e. The van der Waals surface area contributed by atoms with Crippen molar-refractivity contribution in [1.29, 1.82) is 0 Å². The molecule has 10 heavy (non-hydrogen) atoms. The highest BCUT2D eigenvalue weighted by Gasteiger charge is 1.97. The monoisotopic (exact) mass is 139 g/mol. The average Bonchev–Trinajstić information content (AvgIpc) is 2.13. The normalized spacial score (nSPS) is 10.3. The first kappa shape index (κ1) is 7.28.